The average molecular weight is 407 g/mol. The highest BCUT2D eigenvalue weighted by Gasteiger charge is 2.26. The molecule has 156 valence electrons. The number of aryl methyl sites for hydroxylation is 2. The molecule has 0 spiro atoms. The second kappa shape index (κ2) is 8.18. The molecule has 0 bridgehead atoms. The summed E-state index contributed by atoms with van der Waals surface area (Å²) in [6.45, 7) is 7.66. The molecule has 0 N–H and O–H groups in total. The van der Waals surface area contributed by atoms with E-state index in [0.717, 1.165) is 22.0 Å². The van der Waals surface area contributed by atoms with Crippen molar-refractivity contribution in [1.82, 2.24) is 15.0 Å². The van der Waals surface area contributed by atoms with E-state index in [4.69, 9.17) is 9.26 Å². The predicted octanol–water partition coefficient (Wildman–Crippen LogP) is 3.33. The molecule has 0 unspecified atom stereocenters. The number of aromatic nitrogens is 1. The largest absolute Gasteiger partial charge is 0.488 e. The van der Waals surface area contributed by atoms with Gasteiger partial charge in [-0.1, -0.05) is 29.4 Å². The fourth-order valence-electron chi connectivity index (χ4n) is 3.76. The van der Waals surface area contributed by atoms with Crippen LogP contribution in [0.5, 0.6) is 5.75 Å². The van der Waals surface area contributed by atoms with Crippen molar-refractivity contribution in [2.45, 2.75) is 27.4 Å². The van der Waals surface area contributed by atoms with Crippen molar-refractivity contribution in [1.29, 1.82) is 0 Å². The first-order chi connectivity index (χ1) is 14.4. The van der Waals surface area contributed by atoms with E-state index in [2.05, 4.69) is 5.16 Å². The maximum absolute atomic E-state index is 13.3. The molecule has 2 aromatic carbocycles. The van der Waals surface area contributed by atoms with E-state index in [1.807, 2.05) is 50.2 Å². The van der Waals surface area contributed by atoms with Crippen LogP contribution in [-0.2, 0) is 11.4 Å². The van der Waals surface area contributed by atoms with E-state index < -0.39 is 0 Å². The van der Waals surface area contributed by atoms with Crippen molar-refractivity contribution in [3.8, 4) is 5.75 Å². The standard InChI is InChI=1S/C23H25N3O4/c1-15-21(16(2)30-24-15)14-29-22-13-19-7-5-4-6-18(19)12-20(22)23(28)26-10-8-25(9-11-26)17(3)27/h4-7,12-13H,8-11,14H2,1-3H3. The molecular formula is C23H25N3O4. The molecule has 7 heteroatoms. The number of nitrogens with zero attached hydrogens (tertiary/aromatic N) is 3. The Morgan fingerprint density at radius 3 is 2.27 bits per heavy atom. The van der Waals surface area contributed by atoms with Gasteiger partial charge in [0.2, 0.25) is 5.91 Å². The zero-order chi connectivity index (χ0) is 21.3. The number of hydrogen-bond acceptors (Lipinski definition) is 5. The van der Waals surface area contributed by atoms with Crippen molar-refractivity contribution in [3.05, 3.63) is 59.0 Å². The number of amides is 2. The van der Waals surface area contributed by atoms with Crippen LogP contribution in [0.2, 0.25) is 0 Å². The summed E-state index contributed by atoms with van der Waals surface area (Å²) in [6, 6.07) is 11.7. The summed E-state index contributed by atoms with van der Waals surface area (Å²) in [5, 5.41) is 5.95. The molecule has 0 saturated carbocycles. The van der Waals surface area contributed by atoms with Crippen LogP contribution in [0.1, 0.15) is 34.3 Å². The van der Waals surface area contributed by atoms with Crippen LogP contribution < -0.4 is 4.74 Å². The van der Waals surface area contributed by atoms with Gasteiger partial charge < -0.3 is 19.1 Å². The molecule has 0 aliphatic carbocycles. The Kier molecular flexibility index (Phi) is 5.44. The highest BCUT2D eigenvalue weighted by atomic mass is 16.5. The summed E-state index contributed by atoms with van der Waals surface area (Å²) >= 11 is 0. The molecular weight excluding hydrogens is 382 g/mol. The molecule has 1 aliphatic heterocycles. The van der Waals surface area contributed by atoms with Gasteiger partial charge in [0.25, 0.3) is 5.91 Å². The summed E-state index contributed by atoms with van der Waals surface area (Å²) in [6.07, 6.45) is 0. The topological polar surface area (TPSA) is 75.9 Å². The molecule has 4 rings (SSSR count). The van der Waals surface area contributed by atoms with Crippen molar-refractivity contribution in [3.63, 3.8) is 0 Å². The number of benzene rings is 2. The molecule has 1 saturated heterocycles. The van der Waals surface area contributed by atoms with E-state index in [0.29, 0.717) is 43.3 Å². The van der Waals surface area contributed by atoms with Gasteiger partial charge in [0.15, 0.2) is 0 Å². The number of ether oxygens (including phenoxy) is 1. The van der Waals surface area contributed by atoms with Crippen molar-refractivity contribution < 1.29 is 18.8 Å². The van der Waals surface area contributed by atoms with Crippen molar-refractivity contribution in [2.75, 3.05) is 26.2 Å². The molecule has 2 heterocycles. The minimum atomic E-state index is -0.0854. The minimum Gasteiger partial charge on any atom is -0.488 e. The van der Waals surface area contributed by atoms with Crippen molar-refractivity contribution >= 4 is 22.6 Å². The SMILES string of the molecule is CC(=O)N1CCN(C(=O)c2cc3ccccc3cc2OCc2c(C)noc2C)CC1. The van der Waals surface area contributed by atoms with Crippen molar-refractivity contribution in [2.24, 2.45) is 0 Å². The summed E-state index contributed by atoms with van der Waals surface area (Å²) < 4.78 is 11.3. The van der Waals surface area contributed by atoms with E-state index in [9.17, 15) is 9.59 Å². The molecule has 0 atom stereocenters. The summed E-state index contributed by atoms with van der Waals surface area (Å²) in [5.41, 5.74) is 2.19. The number of fused-ring (bicyclic) bond motifs is 1. The number of piperazine rings is 1. The Bertz CT molecular complexity index is 1080. The third kappa shape index (κ3) is 3.87. The van der Waals surface area contributed by atoms with Gasteiger partial charge in [-0.2, -0.15) is 0 Å². The highest BCUT2D eigenvalue weighted by Crippen LogP contribution is 2.29. The third-order valence-corrected chi connectivity index (χ3v) is 5.64. The number of rotatable bonds is 4. The minimum absolute atomic E-state index is 0.0382. The molecule has 1 fully saturated rings. The Morgan fingerprint density at radius 1 is 1.03 bits per heavy atom. The van der Waals surface area contributed by atoms with E-state index in [1.165, 1.54) is 0 Å². The average Bonchev–Trinajstić information content (AvgIpc) is 3.08. The monoisotopic (exact) mass is 407 g/mol. The predicted molar refractivity (Wildman–Crippen MR) is 112 cm³/mol. The lowest BCUT2D eigenvalue weighted by molar-refractivity contribution is -0.130. The lowest BCUT2D eigenvalue weighted by Crippen LogP contribution is -2.50. The smallest absolute Gasteiger partial charge is 0.257 e. The Balaban J connectivity index is 1.63. The summed E-state index contributed by atoms with van der Waals surface area (Å²) in [4.78, 5) is 28.5. The summed E-state index contributed by atoms with van der Waals surface area (Å²) in [7, 11) is 0. The first-order valence-electron chi connectivity index (χ1n) is 10.1. The van der Waals surface area contributed by atoms with E-state index >= 15 is 0 Å². The molecule has 0 radical (unpaired) electrons. The molecule has 2 amide bonds. The fourth-order valence-corrected chi connectivity index (χ4v) is 3.76. The zero-order valence-corrected chi connectivity index (χ0v) is 17.5. The molecule has 3 aromatic rings. The number of carbonyl (C=O) groups excluding carboxylic acids is 2. The first kappa shape index (κ1) is 19.9. The van der Waals surface area contributed by atoms with E-state index in [-0.39, 0.29) is 18.4 Å². The van der Waals surface area contributed by atoms with E-state index in [1.54, 1.807) is 16.7 Å². The van der Waals surface area contributed by atoms with Crippen LogP contribution in [0.15, 0.2) is 40.9 Å². The van der Waals surface area contributed by atoms with Gasteiger partial charge in [-0.25, -0.2) is 0 Å². The molecule has 7 nitrogen and oxygen atoms in total. The molecule has 1 aliphatic rings. The van der Waals surface area contributed by atoms with Crippen LogP contribution in [0, 0.1) is 13.8 Å². The highest BCUT2D eigenvalue weighted by molar-refractivity contribution is 6.01. The first-order valence-corrected chi connectivity index (χ1v) is 10.1. The maximum atomic E-state index is 13.3. The summed E-state index contributed by atoms with van der Waals surface area (Å²) in [5.74, 6) is 1.20. The third-order valence-electron chi connectivity index (χ3n) is 5.64. The second-order valence-corrected chi connectivity index (χ2v) is 7.59. The van der Waals surface area contributed by atoms with Crippen LogP contribution >= 0.6 is 0 Å². The van der Waals surface area contributed by atoms with Gasteiger partial charge in [0, 0.05) is 33.1 Å². The number of hydrogen-bond donors (Lipinski definition) is 0. The van der Waals surface area contributed by atoms with Gasteiger partial charge in [-0.3, -0.25) is 9.59 Å². The normalized spacial score (nSPS) is 14.2. The zero-order valence-electron chi connectivity index (χ0n) is 17.5. The van der Waals surface area contributed by atoms with Gasteiger partial charge in [0.1, 0.15) is 18.1 Å². The van der Waals surface area contributed by atoms with Gasteiger partial charge in [0.05, 0.1) is 16.8 Å². The van der Waals surface area contributed by atoms with Crippen LogP contribution in [0.4, 0.5) is 0 Å². The quantitative estimate of drug-likeness (QED) is 0.663. The second-order valence-electron chi connectivity index (χ2n) is 7.59. The lowest BCUT2D eigenvalue weighted by Gasteiger charge is -2.34. The lowest BCUT2D eigenvalue weighted by atomic mass is 10.0. The Labute approximate surface area is 175 Å². The van der Waals surface area contributed by atoms with Gasteiger partial charge in [-0.15, -0.1) is 0 Å². The molecule has 1 aromatic heterocycles. The Hall–Kier alpha value is -3.35. The maximum Gasteiger partial charge on any atom is 0.257 e. The van der Waals surface area contributed by atoms with Gasteiger partial charge >= 0.3 is 0 Å². The number of carbonyl (C=O) groups is 2. The van der Waals surface area contributed by atoms with Crippen LogP contribution in [0.3, 0.4) is 0 Å². The van der Waals surface area contributed by atoms with Crippen LogP contribution in [0.25, 0.3) is 10.8 Å². The molecule has 30 heavy (non-hydrogen) atoms. The van der Waals surface area contributed by atoms with Gasteiger partial charge in [-0.05, 0) is 36.8 Å². The Morgan fingerprint density at radius 2 is 1.67 bits per heavy atom. The fraction of sp³-hybridized carbons (Fsp3) is 0.348. The van der Waals surface area contributed by atoms with Crippen LogP contribution in [-0.4, -0.2) is 52.9 Å².